The molecule has 0 spiro atoms. The third-order valence-corrected chi connectivity index (χ3v) is 5.11. The molecular weight excluding hydrogens is 326 g/mol. The van der Waals surface area contributed by atoms with Crippen molar-refractivity contribution in [3.05, 3.63) is 28.7 Å². The second-order valence-electron chi connectivity index (χ2n) is 5.03. The molecule has 1 aromatic rings. The van der Waals surface area contributed by atoms with Gasteiger partial charge in [-0.1, -0.05) is 22.0 Å². The van der Waals surface area contributed by atoms with E-state index in [1.807, 2.05) is 24.3 Å². The Balaban J connectivity index is 1.47. The van der Waals surface area contributed by atoms with Crippen LogP contribution in [0.5, 0.6) is 0 Å². The molecule has 1 aromatic carbocycles. The maximum atomic E-state index is 11.9. The van der Waals surface area contributed by atoms with Crippen LogP contribution in [0.25, 0.3) is 0 Å². The first-order valence-electron chi connectivity index (χ1n) is 6.54. The molecule has 0 saturated carbocycles. The minimum Gasteiger partial charge on any atom is -0.373 e. The molecule has 2 aliphatic heterocycles. The molecular formula is C14H16BrNO2S. The number of halogens is 1. The standard InChI is InChI=1S/C14H16BrNO2S/c15-9-2-1-3-11(6-9)19-8-14(17)16-12-7-10-4-5-13(12)18-10/h1-3,6,10,12-13H,4-5,7-8H2,(H,16,17)/t10-,12+,13-/m0/s1. The number of thioether (sulfide) groups is 1. The van der Waals surface area contributed by atoms with Crippen molar-refractivity contribution in [1.29, 1.82) is 0 Å². The van der Waals surface area contributed by atoms with Crippen LogP contribution in [0.1, 0.15) is 19.3 Å². The van der Waals surface area contributed by atoms with Gasteiger partial charge in [0.1, 0.15) is 0 Å². The Morgan fingerprint density at radius 2 is 2.37 bits per heavy atom. The summed E-state index contributed by atoms with van der Waals surface area (Å²) < 4.78 is 6.78. The summed E-state index contributed by atoms with van der Waals surface area (Å²) in [4.78, 5) is 13.0. The van der Waals surface area contributed by atoms with E-state index in [4.69, 9.17) is 4.74 Å². The topological polar surface area (TPSA) is 38.3 Å². The summed E-state index contributed by atoms with van der Waals surface area (Å²) in [6.07, 6.45) is 3.87. The lowest BCUT2D eigenvalue weighted by Gasteiger charge is -2.19. The van der Waals surface area contributed by atoms with Gasteiger partial charge in [0.15, 0.2) is 0 Å². The first-order chi connectivity index (χ1) is 9.20. The van der Waals surface area contributed by atoms with Crippen LogP contribution in [-0.2, 0) is 9.53 Å². The van der Waals surface area contributed by atoms with E-state index in [1.54, 1.807) is 11.8 Å². The molecule has 1 N–H and O–H groups in total. The van der Waals surface area contributed by atoms with Gasteiger partial charge in [0.2, 0.25) is 5.91 Å². The zero-order chi connectivity index (χ0) is 13.2. The van der Waals surface area contributed by atoms with Crippen LogP contribution in [0.2, 0.25) is 0 Å². The predicted molar refractivity (Wildman–Crippen MR) is 79.3 cm³/mol. The molecule has 2 bridgehead atoms. The Hall–Kier alpha value is -0.520. The minimum absolute atomic E-state index is 0.103. The largest absolute Gasteiger partial charge is 0.373 e. The van der Waals surface area contributed by atoms with Crippen molar-refractivity contribution in [2.75, 3.05) is 5.75 Å². The molecule has 2 saturated heterocycles. The lowest BCUT2D eigenvalue weighted by molar-refractivity contribution is -0.119. The van der Waals surface area contributed by atoms with Crippen molar-refractivity contribution in [3.8, 4) is 0 Å². The molecule has 3 atom stereocenters. The highest BCUT2D eigenvalue weighted by Gasteiger charge is 2.41. The molecule has 2 heterocycles. The van der Waals surface area contributed by atoms with Crippen molar-refractivity contribution in [3.63, 3.8) is 0 Å². The van der Waals surface area contributed by atoms with Gasteiger partial charge >= 0.3 is 0 Å². The fourth-order valence-corrected chi connectivity index (χ4v) is 4.06. The Morgan fingerprint density at radius 3 is 3.05 bits per heavy atom. The first kappa shape index (κ1) is 13.5. The van der Waals surface area contributed by atoms with Crippen molar-refractivity contribution >= 4 is 33.6 Å². The summed E-state index contributed by atoms with van der Waals surface area (Å²) in [7, 11) is 0. The van der Waals surface area contributed by atoms with Gasteiger partial charge in [-0.2, -0.15) is 0 Å². The molecule has 102 valence electrons. The zero-order valence-corrected chi connectivity index (χ0v) is 12.9. The lowest BCUT2D eigenvalue weighted by atomic mass is 9.95. The first-order valence-corrected chi connectivity index (χ1v) is 8.32. The zero-order valence-electron chi connectivity index (χ0n) is 10.5. The van der Waals surface area contributed by atoms with E-state index in [-0.39, 0.29) is 18.1 Å². The Labute approximate surface area is 125 Å². The lowest BCUT2D eigenvalue weighted by Crippen LogP contribution is -2.42. The smallest absolute Gasteiger partial charge is 0.230 e. The number of fused-ring (bicyclic) bond motifs is 2. The molecule has 0 aromatic heterocycles. The minimum atomic E-state index is 0.103. The van der Waals surface area contributed by atoms with E-state index in [9.17, 15) is 4.79 Å². The fourth-order valence-electron chi connectivity index (χ4n) is 2.74. The quantitative estimate of drug-likeness (QED) is 0.855. The van der Waals surface area contributed by atoms with Crippen molar-refractivity contribution in [2.24, 2.45) is 0 Å². The Bertz CT molecular complexity index is 482. The molecule has 0 aliphatic carbocycles. The number of hydrogen-bond donors (Lipinski definition) is 1. The van der Waals surface area contributed by atoms with Crippen molar-refractivity contribution in [1.82, 2.24) is 5.32 Å². The van der Waals surface area contributed by atoms with Crippen LogP contribution in [0, 0.1) is 0 Å². The van der Waals surface area contributed by atoms with Gasteiger partial charge in [-0.15, -0.1) is 11.8 Å². The SMILES string of the molecule is O=C(CSc1cccc(Br)c1)N[C@@H]1C[C@@H]2CC[C@@H]1O2. The van der Waals surface area contributed by atoms with E-state index in [1.165, 1.54) is 0 Å². The molecule has 3 nitrogen and oxygen atoms in total. The van der Waals surface area contributed by atoms with Crippen LogP contribution < -0.4 is 5.32 Å². The summed E-state index contributed by atoms with van der Waals surface area (Å²) in [5.41, 5.74) is 0. The number of ether oxygens (including phenoxy) is 1. The van der Waals surface area contributed by atoms with Crippen LogP contribution in [0.3, 0.4) is 0 Å². The summed E-state index contributed by atoms with van der Waals surface area (Å²) in [6, 6.07) is 8.24. The van der Waals surface area contributed by atoms with E-state index >= 15 is 0 Å². The average Bonchev–Trinajstić information content (AvgIpc) is 2.99. The van der Waals surface area contributed by atoms with Gasteiger partial charge in [-0.05, 0) is 37.5 Å². The molecule has 0 unspecified atom stereocenters. The highest BCUT2D eigenvalue weighted by atomic mass is 79.9. The highest BCUT2D eigenvalue weighted by molar-refractivity contribution is 9.10. The van der Waals surface area contributed by atoms with E-state index in [2.05, 4.69) is 21.2 Å². The third-order valence-electron chi connectivity index (χ3n) is 3.62. The van der Waals surface area contributed by atoms with Gasteiger partial charge in [0, 0.05) is 9.37 Å². The number of amides is 1. The Morgan fingerprint density at radius 1 is 1.47 bits per heavy atom. The van der Waals surface area contributed by atoms with Crippen LogP contribution in [0.15, 0.2) is 33.6 Å². The van der Waals surface area contributed by atoms with Gasteiger partial charge < -0.3 is 10.1 Å². The van der Waals surface area contributed by atoms with Gasteiger partial charge in [-0.3, -0.25) is 4.79 Å². The average molecular weight is 342 g/mol. The van der Waals surface area contributed by atoms with Crippen LogP contribution >= 0.6 is 27.7 Å². The van der Waals surface area contributed by atoms with E-state index in [0.29, 0.717) is 11.9 Å². The number of carbonyl (C=O) groups excluding carboxylic acids is 1. The number of nitrogens with one attached hydrogen (secondary N) is 1. The number of rotatable bonds is 4. The van der Waals surface area contributed by atoms with Gasteiger partial charge in [-0.25, -0.2) is 0 Å². The highest BCUT2D eigenvalue weighted by Crippen LogP contribution is 2.34. The monoisotopic (exact) mass is 341 g/mol. The van der Waals surface area contributed by atoms with Gasteiger partial charge in [0.05, 0.1) is 24.0 Å². The summed E-state index contributed by atoms with van der Waals surface area (Å²) in [5, 5.41) is 3.10. The molecule has 19 heavy (non-hydrogen) atoms. The summed E-state index contributed by atoms with van der Waals surface area (Å²) in [5.74, 6) is 0.566. The normalized spacial score (nSPS) is 28.6. The molecule has 1 amide bonds. The molecule has 2 fully saturated rings. The second kappa shape index (κ2) is 5.85. The summed E-state index contributed by atoms with van der Waals surface area (Å²) >= 11 is 5.00. The molecule has 0 radical (unpaired) electrons. The molecule has 3 rings (SSSR count). The number of carbonyl (C=O) groups is 1. The number of benzene rings is 1. The summed E-state index contributed by atoms with van der Waals surface area (Å²) in [6.45, 7) is 0. The third kappa shape index (κ3) is 3.33. The van der Waals surface area contributed by atoms with Gasteiger partial charge in [0.25, 0.3) is 0 Å². The maximum absolute atomic E-state index is 11.9. The number of hydrogen-bond acceptors (Lipinski definition) is 3. The van der Waals surface area contributed by atoms with E-state index in [0.717, 1.165) is 28.6 Å². The van der Waals surface area contributed by atoms with Crippen molar-refractivity contribution in [2.45, 2.75) is 42.4 Å². The van der Waals surface area contributed by atoms with Crippen LogP contribution in [0.4, 0.5) is 0 Å². The maximum Gasteiger partial charge on any atom is 0.230 e. The Kier molecular flexibility index (Phi) is 4.15. The molecule has 2 aliphatic rings. The molecule has 5 heteroatoms. The van der Waals surface area contributed by atoms with E-state index < -0.39 is 0 Å². The van der Waals surface area contributed by atoms with Crippen LogP contribution in [-0.4, -0.2) is 29.9 Å². The van der Waals surface area contributed by atoms with Crippen molar-refractivity contribution < 1.29 is 9.53 Å². The fraction of sp³-hybridized carbons (Fsp3) is 0.500. The second-order valence-corrected chi connectivity index (χ2v) is 6.99. The predicted octanol–water partition coefficient (Wildman–Crippen LogP) is 2.98.